The summed E-state index contributed by atoms with van der Waals surface area (Å²) >= 11 is 0. The van der Waals surface area contributed by atoms with Gasteiger partial charge in [-0.05, 0) is 31.9 Å². The fourth-order valence-corrected chi connectivity index (χ4v) is 4.24. The van der Waals surface area contributed by atoms with Crippen LogP contribution in [-0.2, 0) is 16.3 Å². The van der Waals surface area contributed by atoms with E-state index in [1.807, 2.05) is 29.2 Å². The summed E-state index contributed by atoms with van der Waals surface area (Å²) in [7, 11) is 0.343. The van der Waals surface area contributed by atoms with Crippen molar-refractivity contribution >= 4 is 39.8 Å². The molecular formula is C17H28IN3O3S. The Balaban J connectivity index is 0.00000312. The number of benzene rings is 1. The average molecular weight is 481 g/mol. The van der Waals surface area contributed by atoms with Crippen molar-refractivity contribution in [2.24, 2.45) is 4.99 Å². The van der Waals surface area contributed by atoms with Gasteiger partial charge in [0.25, 0.3) is 0 Å². The van der Waals surface area contributed by atoms with Crippen LogP contribution < -0.4 is 10.1 Å². The third kappa shape index (κ3) is 5.22. The molecular weight excluding hydrogens is 453 g/mol. The molecule has 2 rings (SSSR count). The van der Waals surface area contributed by atoms with E-state index in [0.717, 1.165) is 23.7 Å². The van der Waals surface area contributed by atoms with Crippen molar-refractivity contribution in [3.8, 4) is 5.75 Å². The van der Waals surface area contributed by atoms with Crippen molar-refractivity contribution < 1.29 is 13.2 Å². The van der Waals surface area contributed by atoms with Crippen molar-refractivity contribution in [2.75, 3.05) is 39.5 Å². The van der Waals surface area contributed by atoms with Crippen LogP contribution in [0.2, 0.25) is 0 Å². The number of rotatable bonds is 4. The first-order valence-electron chi connectivity index (χ1n) is 8.10. The summed E-state index contributed by atoms with van der Waals surface area (Å²) < 4.78 is 28.9. The highest BCUT2D eigenvalue weighted by molar-refractivity contribution is 14.0. The number of sulfone groups is 1. The molecule has 0 aliphatic carbocycles. The van der Waals surface area contributed by atoms with Crippen LogP contribution in [0.3, 0.4) is 0 Å². The van der Waals surface area contributed by atoms with Gasteiger partial charge in [0, 0.05) is 26.7 Å². The van der Waals surface area contributed by atoms with Gasteiger partial charge in [-0.1, -0.05) is 18.2 Å². The van der Waals surface area contributed by atoms with Gasteiger partial charge in [0.2, 0.25) is 0 Å². The summed E-state index contributed by atoms with van der Waals surface area (Å²) in [4.78, 5) is 6.32. The average Bonchev–Trinajstić information content (AvgIpc) is 2.55. The molecule has 1 heterocycles. The minimum absolute atomic E-state index is 0. The van der Waals surface area contributed by atoms with E-state index in [1.54, 1.807) is 28.0 Å². The highest BCUT2D eigenvalue weighted by Crippen LogP contribution is 2.23. The Bertz CT molecular complexity index is 705. The van der Waals surface area contributed by atoms with E-state index < -0.39 is 14.6 Å². The Morgan fingerprint density at radius 1 is 1.36 bits per heavy atom. The van der Waals surface area contributed by atoms with Crippen molar-refractivity contribution in [2.45, 2.75) is 25.0 Å². The Morgan fingerprint density at radius 2 is 2.04 bits per heavy atom. The van der Waals surface area contributed by atoms with Crippen molar-refractivity contribution in [3.63, 3.8) is 0 Å². The number of hydrogen-bond donors (Lipinski definition) is 1. The maximum atomic E-state index is 12.1. The Morgan fingerprint density at radius 3 is 2.64 bits per heavy atom. The molecule has 1 aromatic carbocycles. The molecule has 0 amide bonds. The number of nitrogens with one attached hydrogen (secondary N) is 1. The van der Waals surface area contributed by atoms with Gasteiger partial charge in [-0.15, -0.1) is 24.0 Å². The SMILES string of the molecule is CN=C(NCCc1ccccc1OC)N1CCS(=O)(=O)C(C)(C)C1.I. The number of ether oxygens (including phenoxy) is 1. The molecule has 6 nitrogen and oxygen atoms in total. The number of hydrogen-bond acceptors (Lipinski definition) is 4. The summed E-state index contributed by atoms with van der Waals surface area (Å²) in [6.45, 7) is 5.17. The van der Waals surface area contributed by atoms with Crippen molar-refractivity contribution in [1.82, 2.24) is 10.2 Å². The Labute approximate surface area is 168 Å². The standard InChI is InChI=1S/C17H27N3O3S.HI/c1-17(2)13-20(11-12-24(17,21)22)16(18-3)19-10-9-14-7-5-6-8-15(14)23-4;/h5-8H,9-13H2,1-4H3,(H,18,19);1H. The molecule has 1 saturated heterocycles. The first kappa shape index (κ1) is 22.0. The fourth-order valence-electron chi connectivity index (χ4n) is 2.88. The zero-order chi connectivity index (χ0) is 17.8. The van der Waals surface area contributed by atoms with E-state index in [0.29, 0.717) is 19.6 Å². The largest absolute Gasteiger partial charge is 0.496 e. The van der Waals surface area contributed by atoms with Gasteiger partial charge in [-0.3, -0.25) is 4.99 Å². The molecule has 8 heteroatoms. The van der Waals surface area contributed by atoms with Crippen LogP contribution in [0.5, 0.6) is 5.75 Å². The van der Waals surface area contributed by atoms with Crippen LogP contribution in [-0.4, -0.2) is 63.6 Å². The van der Waals surface area contributed by atoms with Crippen LogP contribution in [0.4, 0.5) is 0 Å². The number of para-hydroxylation sites is 1. The maximum Gasteiger partial charge on any atom is 0.193 e. The molecule has 0 radical (unpaired) electrons. The van der Waals surface area contributed by atoms with Gasteiger partial charge in [0.15, 0.2) is 15.8 Å². The molecule has 1 N–H and O–H groups in total. The van der Waals surface area contributed by atoms with E-state index in [2.05, 4.69) is 10.3 Å². The van der Waals surface area contributed by atoms with Gasteiger partial charge >= 0.3 is 0 Å². The van der Waals surface area contributed by atoms with Crippen molar-refractivity contribution in [3.05, 3.63) is 29.8 Å². The highest BCUT2D eigenvalue weighted by atomic mass is 127. The van der Waals surface area contributed by atoms with Gasteiger partial charge in [-0.25, -0.2) is 8.42 Å². The second-order valence-electron chi connectivity index (χ2n) is 6.54. The van der Waals surface area contributed by atoms with Gasteiger partial charge in [-0.2, -0.15) is 0 Å². The molecule has 25 heavy (non-hydrogen) atoms. The molecule has 1 aliphatic heterocycles. The van der Waals surface area contributed by atoms with Crippen LogP contribution >= 0.6 is 24.0 Å². The maximum absolute atomic E-state index is 12.1. The Kier molecular flexibility index (Phi) is 7.98. The predicted molar refractivity (Wildman–Crippen MR) is 113 cm³/mol. The number of guanidine groups is 1. The molecule has 0 unspecified atom stereocenters. The van der Waals surface area contributed by atoms with E-state index >= 15 is 0 Å². The van der Waals surface area contributed by atoms with Gasteiger partial charge in [0.1, 0.15) is 5.75 Å². The lowest BCUT2D eigenvalue weighted by Gasteiger charge is -2.39. The molecule has 1 fully saturated rings. The molecule has 0 saturated carbocycles. The lowest BCUT2D eigenvalue weighted by Crippen LogP contribution is -2.57. The first-order valence-corrected chi connectivity index (χ1v) is 9.76. The second-order valence-corrected chi connectivity index (χ2v) is 9.28. The van der Waals surface area contributed by atoms with Crippen LogP contribution in [0, 0.1) is 0 Å². The van der Waals surface area contributed by atoms with E-state index in [4.69, 9.17) is 4.74 Å². The summed E-state index contributed by atoms with van der Waals surface area (Å²) in [5, 5.41) is 3.33. The van der Waals surface area contributed by atoms with E-state index in [1.165, 1.54) is 0 Å². The molecule has 142 valence electrons. The second kappa shape index (κ2) is 9.07. The third-order valence-electron chi connectivity index (χ3n) is 4.42. The van der Waals surface area contributed by atoms with Gasteiger partial charge in [0.05, 0.1) is 17.6 Å². The van der Waals surface area contributed by atoms with Crippen LogP contribution in [0.15, 0.2) is 29.3 Å². The number of nitrogens with zero attached hydrogens (tertiary/aromatic N) is 2. The normalized spacial score (nSPS) is 19.0. The fraction of sp³-hybridized carbons (Fsp3) is 0.588. The lowest BCUT2D eigenvalue weighted by atomic mass is 10.1. The quantitative estimate of drug-likeness (QED) is 0.405. The lowest BCUT2D eigenvalue weighted by molar-refractivity contribution is 0.353. The minimum Gasteiger partial charge on any atom is -0.496 e. The number of methoxy groups -OCH3 is 1. The predicted octanol–water partition coefficient (Wildman–Crippen LogP) is 1.94. The van der Waals surface area contributed by atoms with E-state index in [-0.39, 0.29) is 29.7 Å². The molecule has 0 bridgehead atoms. The Hall–Kier alpha value is -1.03. The molecule has 1 aromatic rings. The summed E-state index contributed by atoms with van der Waals surface area (Å²) in [5.41, 5.74) is 1.13. The molecule has 0 atom stereocenters. The molecule has 0 spiro atoms. The first-order chi connectivity index (χ1) is 11.3. The molecule has 0 aromatic heterocycles. The van der Waals surface area contributed by atoms with Crippen LogP contribution in [0.25, 0.3) is 0 Å². The summed E-state index contributed by atoms with van der Waals surface area (Å²) in [6, 6.07) is 7.93. The van der Waals surface area contributed by atoms with Gasteiger partial charge < -0.3 is 15.0 Å². The third-order valence-corrected chi connectivity index (χ3v) is 6.96. The minimum atomic E-state index is -3.05. The molecule has 1 aliphatic rings. The smallest absolute Gasteiger partial charge is 0.193 e. The summed E-state index contributed by atoms with van der Waals surface area (Å²) in [5.74, 6) is 1.78. The van der Waals surface area contributed by atoms with Crippen molar-refractivity contribution in [1.29, 1.82) is 0 Å². The van der Waals surface area contributed by atoms with E-state index in [9.17, 15) is 8.42 Å². The summed E-state index contributed by atoms with van der Waals surface area (Å²) in [6.07, 6.45) is 0.804. The zero-order valence-corrected chi connectivity index (χ0v) is 18.4. The zero-order valence-electron chi connectivity index (χ0n) is 15.3. The number of aliphatic imine (C=N–C) groups is 1. The highest BCUT2D eigenvalue weighted by Gasteiger charge is 2.40. The number of halogens is 1. The monoisotopic (exact) mass is 481 g/mol. The topological polar surface area (TPSA) is 71.0 Å². The van der Waals surface area contributed by atoms with Crippen LogP contribution in [0.1, 0.15) is 19.4 Å².